The molecule has 0 bridgehead atoms. The summed E-state index contributed by atoms with van der Waals surface area (Å²) in [6.45, 7) is 2.35. The van der Waals surface area contributed by atoms with E-state index in [-0.39, 0.29) is 24.3 Å². The molecule has 2 N–H and O–H groups in total. The van der Waals surface area contributed by atoms with E-state index in [1.807, 2.05) is 37.3 Å². The predicted molar refractivity (Wildman–Crippen MR) is 103 cm³/mol. The fraction of sp³-hybridized carbons (Fsp3) is 0.333. The van der Waals surface area contributed by atoms with Crippen LogP contribution in [0.3, 0.4) is 0 Å². The van der Waals surface area contributed by atoms with Crippen LogP contribution in [0.25, 0.3) is 0 Å². The number of hydrogen-bond acceptors (Lipinski definition) is 4. The fourth-order valence-corrected chi connectivity index (χ4v) is 3.48. The number of carbonyl (C=O) groups excluding carboxylic acids is 2. The van der Waals surface area contributed by atoms with Crippen LogP contribution in [0.4, 0.5) is 0 Å². The van der Waals surface area contributed by atoms with Crippen molar-refractivity contribution < 1.29 is 19.5 Å². The minimum absolute atomic E-state index is 0.132. The van der Waals surface area contributed by atoms with Gasteiger partial charge in [-0.2, -0.15) is 0 Å². The van der Waals surface area contributed by atoms with Gasteiger partial charge in [-0.25, -0.2) is 0 Å². The van der Waals surface area contributed by atoms with Gasteiger partial charge in [-0.05, 0) is 23.6 Å². The highest BCUT2D eigenvalue weighted by Crippen LogP contribution is 2.24. The zero-order valence-electron chi connectivity index (χ0n) is 15.6. The topological polar surface area (TPSA) is 99.6 Å². The molecule has 1 aliphatic heterocycles. The van der Waals surface area contributed by atoms with Gasteiger partial charge in [0.1, 0.15) is 6.04 Å². The summed E-state index contributed by atoms with van der Waals surface area (Å²) in [4.78, 5) is 42.6. The second kappa shape index (κ2) is 8.65. The second-order valence-corrected chi connectivity index (χ2v) is 7.12. The van der Waals surface area contributed by atoms with Gasteiger partial charge in [-0.1, -0.05) is 37.3 Å². The number of amides is 2. The number of carboxylic acid groups (broad SMARTS) is 1. The average Bonchev–Trinajstić information content (AvgIpc) is 3.10. The molecular weight excluding hydrogens is 358 g/mol. The van der Waals surface area contributed by atoms with Crippen molar-refractivity contribution in [3.05, 3.63) is 66.0 Å². The number of rotatable bonds is 6. The van der Waals surface area contributed by atoms with E-state index in [1.165, 1.54) is 6.20 Å². The highest BCUT2D eigenvalue weighted by Gasteiger charge is 2.39. The molecule has 0 spiro atoms. The standard InChI is InChI=1S/C21H23N3O4/c1-14-12-24(13-17(14)21(27)28)20(26)18(10-15-6-3-2-4-7-15)23-19(25)16-8-5-9-22-11-16/h2-9,11,14,17-18H,10,12-13H2,1H3,(H,23,25)(H,27,28)/t14-,17-,18?/m1/s1. The molecule has 1 aromatic heterocycles. The number of pyridine rings is 1. The number of nitrogens with zero attached hydrogens (tertiary/aromatic N) is 2. The highest BCUT2D eigenvalue weighted by atomic mass is 16.4. The van der Waals surface area contributed by atoms with Crippen LogP contribution in [0.1, 0.15) is 22.8 Å². The Morgan fingerprint density at radius 3 is 2.54 bits per heavy atom. The van der Waals surface area contributed by atoms with Crippen LogP contribution in [0.2, 0.25) is 0 Å². The summed E-state index contributed by atoms with van der Waals surface area (Å²) in [6, 6.07) is 11.9. The first-order valence-corrected chi connectivity index (χ1v) is 9.22. The Balaban J connectivity index is 1.78. The van der Waals surface area contributed by atoms with Crippen LogP contribution < -0.4 is 5.32 Å². The third-order valence-electron chi connectivity index (χ3n) is 5.05. The van der Waals surface area contributed by atoms with Crippen molar-refractivity contribution in [3.8, 4) is 0 Å². The first-order chi connectivity index (χ1) is 13.5. The van der Waals surface area contributed by atoms with Gasteiger partial charge in [0.05, 0.1) is 11.5 Å². The Bertz CT molecular complexity index is 841. The third kappa shape index (κ3) is 4.54. The van der Waals surface area contributed by atoms with Crippen LogP contribution >= 0.6 is 0 Å². The van der Waals surface area contributed by atoms with Crippen molar-refractivity contribution in [2.24, 2.45) is 11.8 Å². The Morgan fingerprint density at radius 1 is 1.18 bits per heavy atom. The average molecular weight is 381 g/mol. The lowest BCUT2D eigenvalue weighted by molar-refractivity contribution is -0.142. The molecule has 2 heterocycles. The zero-order chi connectivity index (χ0) is 20.1. The second-order valence-electron chi connectivity index (χ2n) is 7.12. The maximum Gasteiger partial charge on any atom is 0.308 e. The molecule has 0 aliphatic carbocycles. The molecule has 2 amide bonds. The number of benzene rings is 1. The van der Waals surface area contributed by atoms with E-state index in [9.17, 15) is 19.5 Å². The Labute approximate surface area is 163 Å². The van der Waals surface area contributed by atoms with Crippen LogP contribution in [-0.2, 0) is 16.0 Å². The number of likely N-dealkylation sites (tertiary alicyclic amines) is 1. The lowest BCUT2D eigenvalue weighted by atomic mass is 9.99. The van der Waals surface area contributed by atoms with E-state index >= 15 is 0 Å². The van der Waals surface area contributed by atoms with Gasteiger partial charge in [0.25, 0.3) is 5.91 Å². The molecule has 3 rings (SSSR count). The Kier molecular flexibility index (Phi) is 6.03. The summed E-state index contributed by atoms with van der Waals surface area (Å²) in [6.07, 6.45) is 3.34. The van der Waals surface area contributed by atoms with Gasteiger partial charge in [-0.3, -0.25) is 19.4 Å². The number of nitrogens with one attached hydrogen (secondary N) is 1. The largest absolute Gasteiger partial charge is 0.481 e. The first kappa shape index (κ1) is 19.5. The van der Waals surface area contributed by atoms with Crippen molar-refractivity contribution in [2.45, 2.75) is 19.4 Å². The van der Waals surface area contributed by atoms with Crippen LogP contribution in [-0.4, -0.2) is 51.9 Å². The minimum atomic E-state index is -0.901. The molecule has 0 radical (unpaired) electrons. The van der Waals surface area contributed by atoms with Crippen molar-refractivity contribution in [1.82, 2.24) is 15.2 Å². The van der Waals surface area contributed by atoms with Crippen molar-refractivity contribution in [1.29, 1.82) is 0 Å². The molecule has 1 aliphatic rings. The van der Waals surface area contributed by atoms with Crippen molar-refractivity contribution >= 4 is 17.8 Å². The van der Waals surface area contributed by atoms with E-state index in [0.29, 0.717) is 18.5 Å². The van der Waals surface area contributed by atoms with Crippen molar-refractivity contribution in [3.63, 3.8) is 0 Å². The molecule has 7 heteroatoms. The van der Waals surface area contributed by atoms with Gasteiger partial charge < -0.3 is 15.3 Å². The summed E-state index contributed by atoms with van der Waals surface area (Å²) in [5.41, 5.74) is 1.28. The lowest BCUT2D eigenvalue weighted by Gasteiger charge is -2.24. The molecule has 0 saturated carbocycles. The maximum absolute atomic E-state index is 13.1. The van der Waals surface area contributed by atoms with Gasteiger partial charge >= 0.3 is 5.97 Å². The monoisotopic (exact) mass is 381 g/mol. The highest BCUT2D eigenvalue weighted by molar-refractivity contribution is 5.97. The predicted octanol–water partition coefficient (Wildman–Crippen LogP) is 1.60. The van der Waals surface area contributed by atoms with E-state index in [2.05, 4.69) is 10.3 Å². The fourth-order valence-electron chi connectivity index (χ4n) is 3.48. The number of carbonyl (C=O) groups is 3. The SMILES string of the molecule is C[C@@H]1CN(C(=O)C(Cc2ccccc2)NC(=O)c2cccnc2)C[C@H]1C(=O)O. The molecule has 2 aromatic rings. The van der Waals surface area contributed by atoms with Crippen LogP contribution in [0, 0.1) is 11.8 Å². The molecule has 7 nitrogen and oxygen atoms in total. The third-order valence-corrected chi connectivity index (χ3v) is 5.05. The smallest absolute Gasteiger partial charge is 0.308 e. The quantitative estimate of drug-likeness (QED) is 0.792. The minimum Gasteiger partial charge on any atom is -0.481 e. The molecule has 1 aromatic carbocycles. The summed E-state index contributed by atoms with van der Waals surface area (Å²) in [7, 11) is 0. The first-order valence-electron chi connectivity index (χ1n) is 9.22. The van der Waals surface area contributed by atoms with E-state index in [4.69, 9.17) is 0 Å². The number of carboxylic acids is 1. The molecule has 3 atom stereocenters. The molecule has 1 fully saturated rings. The van der Waals surface area contributed by atoms with Gasteiger partial charge in [-0.15, -0.1) is 0 Å². The van der Waals surface area contributed by atoms with Gasteiger partial charge in [0, 0.05) is 31.9 Å². The lowest BCUT2D eigenvalue weighted by Crippen LogP contribution is -2.49. The van der Waals surface area contributed by atoms with E-state index in [1.54, 1.807) is 23.2 Å². The number of hydrogen-bond donors (Lipinski definition) is 2. The number of aliphatic carboxylic acids is 1. The number of aromatic nitrogens is 1. The maximum atomic E-state index is 13.1. The molecule has 146 valence electrons. The van der Waals surface area contributed by atoms with E-state index < -0.39 is 17.9 Å². The Morgan fingerprint density at radius 2 is 1.93 bits per heavy atom. The molecule has 1 unspecified atom stereocenters. The van der Waals surface area contributed by atoms with Crippen molar-refractivity contribution in [2.75, 3.05) is 13.1 Å². The van der Waals surface area contributed by atoms with Gasteiger partial charge in [0.2, 0.25) is 5.91 Å². The normalized spacial score (nSPS) is 19.8. The molecule has 1 saturated heterocycles. The summed E-state index contributed by atoms with van der Waals surface area (Å²) in [5.74, 6) is -2.27. The zero-order valence-corrected chi connectivity index (χ0v) is 15.6. The van der Waals surface area contributed by atoms with Crippen LogP contribution in [0.5, 0.6) is 0 Å². The summed E-state index contributed by atoms with van der Waals surface area (Å²) >= 11 is 0. The van der Waals surface area contributed by atoms with Crippen LogP contribution in [0.15, 0.2) is 54.9 Å². The summed E-state index contributed by atoms with van der Waals surface area (Å²) < 4.78 is 0. The van der Waals surface area contributed by atoms with Gasteiger partial charge in [0.15, 0.2) is 0 Å². The molecular formula is C21H23N3O4. The van der Waals surface area contributed by atoms with E-state index in [0.717, 1.165) is 5.56 Å². The summed E-state index contributed by atoms with van der Waals surface area (Å²) in [5, 5.41) is 12.1. The molecule has 28 heavy (non-hydrogen) atoms. The Hall–Kier alpha value is -3.22.